The quantitative estimate of drug-likeness (QED) is 0.652. The maximum absolute atomic E-state index is 11.4. The number of aromatic amines is 1. The zero-order chi connectivity index (χ0) is 11.9. The van der Waals surface area contributed by atoms with Crippen LogP contribution in [0, 0.1) is 0 Å². The Bertz CT molecular complexity index is 374. The van der Waals surface area contributed by atoms with E-state index in [4.69, 9.17) is 0 Å². The molecule has 1 aromatic rings. The van der Waals surface area contributed by atoms with E-state index in [2.05, 4.69) is 19.9 Å². The van der Waals surface area contributed by atoms with E-state index in [1.807, 2.05) is 6.92 Å². The highest BCUT2D eigenvalue weighted by atomic mass is 32.2. The molecule has 0 spiro atoms. The molecule has 0 amide bonds. The third-order valence-corrected chi connectivity index (χ3v) is 3.61. The van der Waals surface area contributed by atoms with Gasteiger partial charge in [0.1, 0.15) is 12.2 Å². The Morgan fingerprint density at radius 3 is 2.88 bits per heavy atom. The van der Waals surface area contributed by atoms with E-state index >= 15 is 0 Å². The predicted octanol–water partition coefficient (Wildman–Crippen LogP) is 0.457. The molecule has 7 heteroatoms. The molecule has 0 bridgehead atoms. The minimum Gasteiger partial charge on any atom is -0.263 e. The summed E-state index contributed by atoms with van der Waals surface area (Å²) in [6.45, 7) is 2.42. The summed E-state index contributed by atoms with van der Waals surface area (Å²) in [7, 11) is -3.08. The summed E-state index contributed by atoms with van der Waals surface area (Å²) in [5.74, 6) is 0.999. The molecule has 2 N–H and O–H groups in total. The summed E-state index contributed by atoms with van der Waals surface area (Å²) in [6, 6.07) is 0. The highest BCUT2D eigenvalue weighted by Crippen LogP contribution is 1.95. The van der Waals surface area contributed by atoms with E-state index in [-0.39, 0.29) is 5.75 Å². The fourth-order valence-corrected chi connectivity index (χ4v) is 2.51. The molecule has 0 saturated carbocycles. The molecule has 0 aromatic carbocycles. The number of hydrogen-bond acceptors (Lipinski definition) is 4. The molecule has 6 nitrogen and oxygen atoms in total. The molecule has 1 aromatic heterocycles. The zero-order valence-electron chi connectivity index (χ0n) is 9.44. The third-order valence-electron chi connectivity index (χ3n) is 2.14. The number of H-pyrrole nitrogens is 1. The largest absolute Gasteiger partial charge is 0.263 e. The first-order valence-electron chi connectivity index (χ1n) is 5.45. The number of aryl methyl sites for hydroxylation is 1. The van der Waals surface area contributed by atoms with Crippen LogP contribution < -0.4 is 4.72 Å². The summed E-state index contributed by atoms with van der Waals surface area (Å²) in [5.41, 5.74) is 0. The molecule has 0 atom stereocenters. The Labute approximate surface area is 95.9 Å². The molecule has 1 heterocycles. The average Bonchev–Trinajstić information content (AvgIpc) is 2.75. The third kappa shape index (κ3) is 5.22. The number of aromatic nitrogens is 3. The molecule has 0 saturated heterocycles. The van der Waals surface area contributed by atoms with Gasteiger partial charge >= 0.3 is 0 Å². The second-order valence-electron chi connectivity index (χ2n) is 3.60. The second-order valence-corrected chi connectivity index (χ2v) is 5.53. The summed E-state index contributed by atoms with van der Waals surface area (Å²) < 4.78 is 25.4. The van der Waals surface area contributed by atoms with Crippen molar-refractivity contribution in [1.82, 2.24) is 19.9 Å². The monoisotopic (exact) mass is 246 g/mol. The molecule has 0 aliphatic rings. The SMILES string of the molecule is CCCCS(=O)(=O)NCCCc1ncn[nH]1. The van der Waals surface area contributed by atoms with Crippen molar-refractivity contribution in [3.8, 4) is 0 Å². The van der Waals surface area contributed by atoms with Crippen LogP contribution in [0.25, 0.3) is 0 Å². The Balaban J connectivity index is 2.15. The maximum Gasteiger partial charge on any atom is 0.211 e. The zero-order valence-corrected chi connectivity index (χ0v) is 10.3. The Morgan fingerprint density at radius 1 is 1.44 bits per heavy atom. The molecular weight excluding hydrogens is 228 g/mol. The van der Waals surface area contributed by atoms with Crippen LogP contribution in [0.1, 0.15) is 32.0 Å². The standard InChI is InChI=1S/C9H18N4O2S/c1-2-3-7-16(14,15)12-6-4-5-9-10-8-11-13-9/h8,12H,2-7H2,1H3,(H,10,11,13). The van der Waals surface area contributed by atoms with Crippen molar-refractivity contribution in [1.29, 1.82) is 0 Å². The molecule has 0 fully saturated rings. The number of rotatable bonds is 8. The lowest BCUT2D eigenvalue weighted by molar-refractivity contribution is 0.575. The number of sulfonamides is 1. The number of nitrogens with one attached hydrogen (secondary N) is 2. The Morgan fingerprint density at radius 2 is 2.25 bits per heavy atom. The van der Waals surface area contributed by atoms with Crippen molar-refractivity contribution in [3.05, 3.63) is 12.2 Å². The van der Waals surface area contributed by atoms with Crippen LogP contribution in [0.4, 0.5) is 0 Å². The van der Waals surface area contributed by atoms with Gasteiger partial charge in [-0.3, -0.25) is 5.10 Å². The van der Waals surface area contributed by atoms with Gasteiger partial charge in [0.05, 0.1) is 5.75 Å². The lowest BCUT2D eigenvalue weighted by Gasteiger charge is -2.04. The lowest BCUT2D eigenvalue weighted by Crippen LogP contribution is -2.27. The minimum atomic E-state index is -3.08. The molecule has 92 valence electrons. The molecular formula is C9H18N4O2S. The second kappa shape index (κ2) is 6.59. The van der Waals surface area contributed by atoms with Crippen LogP contribution in [0.3, 0.4) is 0 Å². The minimum absolute atomic E-state index is 0.214. The van der Waals surface area contributed by atoms with Crippen molar-refractivity contribution < 1.29 is 8.42 Å². The fraction of sp³-hybridized carbons (Fsp3) is 0.778. The van der Waals surface area contributed by atoms with Gasteiger partial charge in [-0.15, -0.1) is 0 Å². The fourth-order valence-electron chi connectivity index (χ4n) is 1.24. The highest BCUT2D eigenvalue weighted by molar-refractivity contribution is 7.89. The first kappa shape index (κ1) is 13.1. The van der Waals surface area contributed by atoms with E-state index in [0.717, 1.165) is 18.7 Å². The van der Waals surface area contributed by atoms with Gasteiger partial charge in [0.25, 0.3) is 0 Å². The molecule has 0 aliphatic heterocycles. The number of hydrogen-bond donors (Lipinski definition) is 2. The maximum atomic E-state index is 11.4. The van der Waals surface area contributed by atoms with Crippen molar-refractivity contribution in [2.24, 2.45) is 0 Å². The van der Waals surface area contributed by atoms with Gasteiger partial charge in [0, 0.05) is 13.0 Å². The van der Waals surface area contributed by atoms with E-state index in [1.54, 1.807) is 0 Å². The average molecular weight is 246 g/mol. The van der Waals surface area contributed by atoms with Gasteiger partial charge in [-0.05, 0) is 12.8 Å². The first-order valence-corrected chi connectivity index (χ1v) is 7.11. The van der Waals surface area contributed by atoms with Crippen molar-refractivity contribution >= 4 is 10.0 Å². The van der Waals surface area contributed by atoms with Crippen LogP contribution in [-0.2, 0) is 16.4 Å². The van der Waals surface area contributed by atoms with E-state index in [1.165, 1.54) is 6.33 Å². The Hall–Kier alpha value is -0.950. The predicted molar refractivity (Wildman–Crippen MR) is 61.4 cm³/mol. The highest BCUT2D eigenvalue weighted by Gasteiger charge is 2.07. The number of nitrogens with zero attached hydrogens (tertiary/aromatic N) is 2. The van der Waals surface area contributed by atoms with Gasteiger partial charge in [-0.25, -0.2) is 18.1 Å². The molecule has 16 heavy (non-hydrogen) atoms. The smallest absolute Gasteiger partial charge is 0.211 e. The summed E-state index contributed by atoms with van der Waals surface area (Å²) in [4.78, 5) is 3.96. The molecule has 0 unspecified atom stereocenters. The van der Waals surface area contributed by atoms with Crippen molar-refractivity contribution in [2.45, 2.75) is 32.6 Å². The van der Waals surface area contributed by atoms with Crippen molar-refractivity contribution in [3.63, 3.8) is 0 Å². The van der Waals surface area contributed by atoms with Crippen LogP contribution in [0.2, 0.25) is 0 Å². The van der Waals surface area contributed by atoms with Gasteiger partial charge in [-0.2, -0.15) is 5.10 Å². The number of unbranched alkanes of at least 4 members (excludes halogenated alkanes) is 1. The topological polar surface area (TPSA) is 87.7 Å². The molecule has 1 rings (SSSR count). The molecule has 0 radical (unpaired) electrons. The first-order chi connectivity index (χ1) is 7.64. The van der Waals surface area contributed by atoms with Gasteiger partial charge in [0.15, 0.2) is 0 Å². The molecule has 0 aliphatic carbocycles. The van der Waals surface area contributed by atoms with E-state index in [9.17, 15) is 8.42 Å². The van der Waals surface area contributed by atoms with Gasteiger partial charge in [0.2, 0.25) is 10.0 Å². The Kier molecular flexibility index (Phi) is 5.41. The van der Waals surface area contributed by atoms with Crippen LogP contribution in [0.5, 0.6) is 0 Å². The normalized spacial score (nSPS) is 11.8. The van der Waals surface area contributed by atoms with Crippen LogP contribution >= 0.6 is 0 Å². The summed E-state index contributed by atoms with van der Waals surface area (Å²) in [6.07, 6.45) is 4.47. The summed E-state index contributed by atoms with van der Waals surface area (Å²) in [5, 5.41) is 6.45. The summed E-state index contributed by atoms with van der Waals surface area (Å²) >= 11 is 0. The van der Waals surface area contributed by atoms with Crippen LogP contribution in [-0.4, -0.2) is 35.9 Å². The van der Waals surface area contributed by atoms with Gasteiger partial charge < -0.3 is 0 Å². The van der Waals surface area contributed by atoms with Crippen LogP contribution in [0.15, 0.2) is 6.33 Å². The van der Waals surface area contributed by atoms with Crippen molar-refractivity contribution in [2.75, 3.05) is 12.3 Å². The lowest BCUT2D eigenvalue weighted by atomic mass is 10.3. The van der Waals surface area contributed by atoms with Gasteiger partial charge in [-0.1, -0.05) is 13.3 Å². The van der Waals surface area contributed by atoms with E-state index < -0.39 is 10.0 Å². The van der Waals surface area contributed by atoms with E-state index in [0.29, 0.717) is 19.4 Å².